The minimum Gasteiger partial charge on any atom is -0.372 e. The highest BCUT2D eigenvalue weighted by Gasteiger charge is 2.53. The van der Waals surface area contributed by atoms with Crippen LogP contribution in [-0.4, -0.2) is 63.6 Å². The van der Waals surface area contributed by atoms with E-state index in [1.165, 1.54) is 0 Å². The smallest absolute Gasteiger partial charge is 0.246 e. The van der Waals surface area contributed by atoms with Gasteiger partial charge in [0.2, 0.25) is 11.8 Å². The van der Waals surface area contributed by atoms with E-state index in [-0.39, 0.29) is 28.3 Å². The predicted molar refractivity (Wildman–Crippen MR) is 77.3 cm³/mol. The van der Waals surface area contributed by atoms with Gasteiger partial charge in [0.1, 0.15) is 6.04 Å². The average molecular weight is 298 g/mol. The van der Waals surface area contributed by atoms with Gasteiger partial charge in [0.15, 0.2) is 0 Å². The Morgan fingerprint density at radius 2 is 2.15 bits per heavy atom. The van der Waals surface area contributed by atoms with E-state index in [0.717, 1.165) is 12.2 Å². The van der Waals surface area contributed by atoms with Gasteiger partial charge in [-0.25, -0.2) is 0 Å². The first-order valence-electron chi connectivity index (χ1n) is 7.21. The molecule has 2 unspecified atom stereocenters. The monoisotopic (exact) mass is 298 g/mol. The zero-order chi connectivity index (χ0) is 14.5. The topological polar surface area (TPSA) is 49.9 Å². The van der Waals surface area contributed by atoms with E-state index in [0.29, 0.717) is 26.1 Å². The summed E-state index contributed by atoms with van der Waals surface area (Å²) >= 11 is 1.75. The normalized spacial score (nSPS) is 36.4. The maximum Gasteiger partial charge on any atom is 0.246 e. The maximum absolute atomic E-state index is 12.8. The number of amides is 2. The molecule has 3 saturated heterocycles. The van der Waals surface area contributed by atoms with E-state index in [2.05, 4.69) is 6.92 Å². The number of rotatable bonds is 1. The molecule has 0 bridgehead atoms. The van der Waals surface area contributed by atoms with Gasteiger partial charge in [-0.3, -0.25) is 9.59 Å². The van der Waals surface area contributed by atoms with Gasteiger partial charge in [0, 0.05) is 25.3 Å². The Balaban J connectivity index is 1.76. The lowest BCUT2D eigenvalue weighted by molar-refractivity contribution is -0.154. The standard InChI is InChI=1S/C14H22N2O3S/c1-13(2)9-15(6-7-19-13)12(18)10-8-20-14(3)5-4-11(17)16(10)14/h10H,4-9H2,1-3H3. The third-order valence-corrected chi connectivity index (χ3v) is 5.97. The molecule has 2 atom stereocenters. The second-order valence-corrected chi connectivity index (χ2v) is 8.14. The Hall–Kier alpha value is -0.750. The van der Waals surface area contributed by atoms with Crippen LogP contribution >= 0.6 is 11.8 Å². The fourth-order valence-corrected chi connectivity index (χ4v) is 4.84. The van der Waals surface area contributed by atoms with E-state index < -0.39 is 0 Å². The lowest BCUT2D eigenvalue weighted by atomic mass is 10.1. The molecule has 0 aromatic heterocycles. The largest absolute Gasteiger partial charge is 0.372 e. The molecular weight excluding hydrogens is 276 g/mol. The van der Waals surface area contributed by atoms with Crippen molar-refractivity contribution in [3.05, 3.63) is 0 Å². The zero-order valence-corrected chi connectivity index (χ0v) is 13.2. The molecule has 0 radical (unpaired) electrons. The fraction of sp³-hybridized carbons (Fsp3) is 0.857. The second-order valence-electron chi connectivity index (χ2n) is 6.63. The quantitative estimate of drug-likeness (QED) is 0.727. The Kier molecular flexibility index (Phi) is 3.29. The summed E-state index contributed by atoms with van der Waals surface area (Å²) in [4.78, 5) is 28.4. The van der Waals surface area contributed by atoms with Crippen LogP contribution in [0.5, 0.6) is 0 Å². The van der Waals surface area contributed by atoms with Gasteiger partial charge < -0.3 is 14.5 Å². The van der Waals surface area contributed by atoms with Gasteiger partial charge in [-0.05, 0) is 27.2 Å². The van der Waals surface area contributed by atoms with Crippen molar-refractivity contribution in [2.45, 2.75) is 50.1 Å². The molecule has 0 N–H and O–H groups in total. The summed E-state index contributed by atoms with van der Waals surface area (Å²) in [7, 11) is 0. The van der Waals surface area contributed by atoms with Crippen molar-refractivity contribution in [3.8, 4) is 0 Å². The molecule has 3 fully saturated rings. The number of thioether (sulfide) groups is 1. The van der Waals surface area contributed by atoms with Crippen LogP contribution < -0.4 is 0 Å². The minimum absolute atomic E-state index is 0.0906. The molecule has 3 aliphatic heterocycles. The Labute approximate surface area is 124 Å². The number of carbonyl (C=O) groups is 2. The molecule has 6 heteroatoms. The molecular formula is C14H22N2O3S. The van der Waals surface area contributed by atoms with E-state index in [9.17, 15) is 9.59 Å². The van der Waals surface area contributed by atoms with E-state index in [1.54, 1.807) is 11.8 Å². The second kappa shape index (κ2) is 4.63. The summed E-state index contributed by atoms with van der Waals surface area (Å²) in [6.45, 7) is 7.89. The van der Waals surface area contributed by atoms with Gasteiger partial charge in [-0.1, -0.05) is 0 Å². The first kappa shape index (κ1) is 14.2. The summed E-state index contributed by atoms with van der Waals surface area (Å²) < 4.78 is 5.66. The third-order valence-electron chi connectivity index (χ3n) is 4.47. The molecule has 0 saturated carbocycles. The van der Waals surface area contributed by atoms with E-state index >= 15 is 0 Å². The molecule has 0 aromatic rings. The molecule has 20 heavy (non-hydrogen) atoms. The summed E-state index contributed by atoms with van der Waals surface area (Å²) in [5, 5.41) is 0. The molecule has 2 amide bonds. The highest BCUT2D eigenvalue weighted by Crippen LogP contribution is 2.47. The van der Waals surface area contributed by atoms with E-state index in [4.69, 9.17) is 4.74 Å². The Morgan fingerprint density at radius 1 is 1.40 bits per heavy atom. The lowest BCUT2D eigenvalue weighted by Gasteiger charge is -2.40. The fourth-order valence-electron chi connectivity index (χ4n) is 3.42. The zero-order valence-electron chi connectivity index (χ0n) is 12.3. The number of fused-ring (bicyclic) bond motifs is 1. The predicted octanol–water partition coefficient (Wildman–Crippen LogP) is 1.08. The van der Waals surface area contributed by atoms with Crippen molar-refractivity contribution in [1.82, 2.24) is 9.80 Å². The van der Waals surface area contributed by atoms with Crippen LogP contribution in [0.15, 0.2) is 0 Å². The number of hydrogen-bond donors (Lipinski definition) is 0. The van der Waals surface area contributed by atoms with Crippen molar-refractivity contribution in [2.24, 2.45) is 0 Å². The number of ether oxygens (including phenoxy) is 1. The third kappa shape index (κ3) is 2.22. The summed E-state index contributed by atoms with van der Waals surface area (Å²) in [6.07, 6.45) is 1.43. The molecule has 3 aliphatic rings. The summed E-state index contributed by atoms with van der Waals surface area (Å²) in [6, 6.07) is -0.283. The minimum atomic E-state index is -0.294. The van der Waals surface area contributed by atoms with Crippen molar-refractivity contribution in [3.63, 3.8) is 0 Å². The molecule has 0 spiro atoms. The first-order chi connectivity index (χ1) is 9.32. The van der Waals surface area contributed by atoms with Gasteiger partial charge in [-0.2, -0.15) is 0 Å². The maximum atomic E-state index is 12.8. The van der Waals surface area contributed by atoms with Gasteiger partial charge in [-0.15, -0.1) is 11.8 Å². The summed E-state index contributed by atoms with van der Waals surface area (Å²) in [5.74, 6) is 0.940. The van der Waals surface area contributed by atoms with Crippen LogP contribution in [0.1, 0.15) is 33.6 Å². The number of carbonyl (C=O) groups excluding carboxylic acids is 2. The van der Waals surface area contributed by atoms with Crippen LogP contribution in [0.3, 0.4) is 0 Å². The van der Waals surface area contributed by atoms with Gasteiger partial charge >= 0.3 is 0 Å². The molecule has 5 nitrogen and oxygen atoms in total. The van der Waals surface area contributed by atoms with Crippen molar-refractivity contribution in [1.29, 1.82) is 0 Å². The van der Waals surface area contributed by atoms with Crippen LogP contribution in [0, 0.1) is 0 Å². The molecule has 0 aromatic carbocycles. The average Bonchev–Trinajstić information content (AvgIpc) is 2.85. The van der Waals surface area contributed by atoms with Crippen LogP contribution in [0.25, 0.3) is 0 Å². The van der Waals surface area contributed by atoms with Gasteiger partial charge in [0.05, 0.1) is 17.1 Å². The molecule has 0 aliphatic carbocycles. The Bertz CT molecular complexity index is 454. The van der Waals surface area contributed by atoms with Crippen LogP contribution in [0.2, 0.25) is 0 Å². The SMILES string of the molecule is CC1(C)CN(C(=O)C2CSC3(C)CCC(=O)N23)CCO1. The highest BCUT2D eigenvalue weighted by molar-refractivity contribution is 8.01. The Morgan fingerprint density at radius 3 is 2.85 bits per heavy atom. The van der Waals surface area contributed by atoms with Crippen molar-refractivity contribution < 1.29 is 14.3 Å². The number of nitrogens with zero attached hydrogens (tertiary/aromatic N) is 2. The highest BCUT2D eigenvalue weighted by atomic mass is 32.2. The first-order valence-corrected chi connectivity index (χ1v) is 8.20. The number of hydrogen-bond acceptors (Lipinski definition) is 4. The van der Waals surface area contributed by atoms with Crippen LogP contribution in [0.4, 0.5) is 0 Å². The number of morpholine rings is 1. The van der Waals surface area contributed by atoms with E-state index in [1.807, 2.05) is 23.6 Å². The molecule has 3 heterocycles. The van der Waals surface area contributed by atoms with Crippen LogP contribution in [-0.2, 0) is 14.3 Å². The molecule has 112 valence electrons. The molecule has 3 rings (SSSR count). The van der Waals surface area contributed by atoms with Crippen molar-refractivity contribution >= 4 is 23.6 Å². The van der Waals surface area contributed by atoms with Gasteiger partial charge in [0.25, 0.3) is 0 Å². The van der Waals surface area contributed by atoms with Crippen molar-refractivity contribution in [2.75, 3.05) is 25.4 Å². The summed E-state index contributed by atoms with van der Waals surface area (Å²) in [5.41, 5.74) is -0.294. The lowest BCUT2D eigenvalue weighted by Crippen LogP contribution is -2.57.